The molecule has 17 heavy (non-hydrogen) atoms. The van der Waals surface area contributed by atoms with E-state index in [1.807, 2.05) is 20.8 Å². The Morgan fingerprint density at radius 1 is 1.35 bits per heavy atom. The molecule has 1 rings (SSSR count). The van der Waals surface area contributed by atoms with Gasteiger partial charge in [-0.1, -0.05) is 13.3 Å². The van der Waals surface area contributed by atoms with Crippen LogP contribution in [-0.2, 0) is 4.74 Å². The summed E-state index contributed by atoms with van der Waals surface area (Å²) < 4.78 is 5.23. The maximum Gasteiger partial charge on any atom is 0.407 e. The van der Waals surface area contributed by atoms with Gasteiger partial charge in [-0.05, 0) is 39.7 Å². The molecule has 0 radical (unpaired) electrons. The van der Waals surface area contributed by atoms with Crippen molar-refractivity contribution in [3.8, 4) is 0 Å². The van der Waals surface area contributed by atoms with Crippen molar-refractivity contribution in [2.45, 2.75) is 39.7 Å². The molecule has 1 heterocycles. The molecule has 0 aromatic carbocycles. The number of hydrogen-bond acceptors (Lipinski definition) is 3. The summed E-state index contributed by atoms with van der Waals surface area (Å²) in [6, 6.07) is 0. The highest BCUT2D eigenvalue weighted by atomic mass is 16.6. The number of nitrogens with zero attached hydrogens (tertiary/aromatic N) is 1. The molecule has 1 fully saturated rings. The molecule has 100 valence electrons. The van der Waals surface area contributed by atoms with Crippen LogP contribution in [0.1, 0.15) is 34.1 Å². The van der Waals surface area contributed by atoms with Crippen molar-refractivity contribution in [3.05, 3.63) is 0 Å². The third kappa shape index (κ3) is 4.94. The van der Waals surface area contributed by atoms with Crippen molar-refractivity contribution >= 4 is 6.09 Å². The molecule has 2 atom stereocenters. The summed E-state index contributed by atoms with van der Waals surface area (Å²) in [4.78, 5) is 13.9. The van der Waals surface area contributed by atoms with E-state index in [0.717, 1.165) is 19.6 Å². The number of ether oxygens (including phenoxy) is 1. The maximum absolute atomic E-state index is 11.5. The lowest BCUT2D eigenvalue weighted by Gasteiger charge is -2.22. The highest BCUT2D eigenvalue weighted by Gasteiger charge is 2.29. The minimum Gasteiger partial charge on any atom is -0.444 e. The van der Waals surface area contributed by atoms with E-state index in [9.17, 15) is 4.79 Å². The van der Waals surface area contributed by atoms with Crippen LogP contribution in [0.2, 0.25) is 0 Å². The Morgan fingerprint density at radius 2 is 1.94 bits per heavy atom. The Morgan fingerprint density at radius 3 is 2.47 bits per heavy atom. The molecule has 0 spiro atoms. The van der Waals surface area contributed by atoms with Gasteiger partial charge in [0, 0.05) is 19.6 Å². The van der Waals surface area contributed by atoms with Crippen molar-refractivity contribution in [3.63, 3.8) is 0 Å². The van der Waals surface area contributed by atoms with E-state index in [1.165, 1.54) is 6.42 Å². The van der Waals surface area contributed by atoms with E-state index in [2.05, 4.69) is 24.2 Å². The van der Waals surface area contributed by atoms with Crippen LogP contribution in [-0.4, -0.2) is 43.3 Å². The fourth-order valence-corrected chi connectivity index (χ4v) is 2.40. The first kappa shape index (κ1) is 14.3. The van der Waals surface area contributed by atoms with Crippen LogP contribution in [0.5, 0.6) is 0 Å². The lowest BCUT2D eigenvalue weighted by molar-refractivity contribution is 0.0516. The average Bonchev–Trinajstić information content (AvgIpc) is 2.53. The Hall–Kier alpha value is -0.770. The lowest BCUT2D eigenvalue weighted by atomic mass is 9.94. The zero-order chi connectivity index (χ0) is 13.1. The van der Waals surface area contributed by atoms with E-state index < -0.39 is 5.60 Å². The highest BCUT2D eigenvalue weighted by Crippen LogP contribution is 2.24. The smallest absolute Gasteiger partial charge is 0.407 e. The summed E-state index contributed by atoms with van der Waals surface area (Å²) in [6.45, 7) is 10.8. The first-order valence-corrected chi connectivity index (χ1v) is 6.47. The molecule has 0 bridgehead atoms. The Kier molecular flexibility index (Phi) is 4.80. The lowest BCUT2D eigenvalue weighted by Crippen LogP contribution is -2.37. The third-order valence-electron chi connectivity index (χ3n) is 3.19. The fourth-order valence-electron chi connectivity index (χ4n) is 2.40. The van der Waals surface area contributed by atoms with Gasteiger partial charge in [0.1, 0.15) is 5.60 Å². The molecule has 1 aliphatic rings. The van der Waals surface area contributed by atoms with Gasteiger partial charge < -0.3 is 15.0 Å². The Bertz CT molecular complexity index is 261. The first-order chi connectivity index (χ1) is 7.81. The van der Waals surface area contributed by atoms with Crippen LogP contribution in [0, 0.1) is 11.8 Å². The quantitative estimate of drug-likeness (QED) is 0.824. The SMILES string of the molecule is CCC1CN(C)CC1CNC(=O)OC(C)(C)C. The van der Waals surface area contributed by atoms with Crippen molar-refractivity contribution in [1.82, 2.24) is 10.2 Å². The predicted octanol–water partition coefficient (Wildman–Crippen LogP) is 2.10. The van der Waals surface area contributed by atoms with E-state index in [1.54, 1.807) is 0 Å². The molecule has 1 N–H and O–H groups in total. The van der Waals surface area contributed by atoms with Gasteiger partial charge in [-0.2, -0.15) is 0 Å². The van der Waals surface area contributed by atoms with E-state index in [0.29, 0.717) is 11.8 Å². The van der Waals surface area contributed by atoms with Gasteiger partial charge in [0.05, 0.1) is 0 Å². The highest BCUT2D eigenvalue weighted by molar-refractivity contribution is 5.67. The molecule has 0 aromatic rings. The summed E-state index contributed by atoms with van der Waals surface area (Å²) in [5.74, 6) is 1.24. The predicted molar refractivity (Wildman–Crippen MR) is 69.0 cm³/mol. The Labute approximate surface area is 105 Å². The molecule has 1 amide bonds. The van der Waals surface area contributed by atoms with Gasteiger partial charge in [-0.3, -0.25) is 0 Å². The molecule has 0 aromatic heterocycles. The topological polar surface area (TPSA) is 41.6 Å². The van der Waals surface area contributed by atoms with Crippen LogP contribution >= 0.6 is 0 Å². The molecular formula is C13H26N2O2. The summed E-state index contributed by atoms with van der Waals surface area (Å²) in [6.07, 6.45) is 0.868. The number of alkyl carbamates (subject to hydrolysis) is 1. The molecular weight excluding hydrogens is 216 g/mol. The minimum absolute atomic E-state index is 0.304. The number of hydrogen-bond donors (Lipinski definition) is 1. The van der Waals surface area contributed by atoms with Crippen molar-refractivity contribution in [2.24, 2.45) is 11.8 Å². The summed E-state index contributed by atoms with van der Waals surface area (Å²) in [7, 11) is 2.14. The van der Waals surface area contributed by atoms with Crippen LogP contribution < -0.4 is 5.32 Å². The zero-order valence-corrected chi connectivity index (χ0v) is 11.7. The molecule has 0 saturated carbocycles. The monoisotopic (exact) mass is 242 g/mol. The van der Waals surface area contributed by atoms with Gasteiger partial charge in [0.25, 0.3) is 0 Å². The maximum atomic E-state index is 11.5. The number of nitrogens with one attached hydrogen (secondary N) is 1. The average molecular weight is 242 g/mol. The number of likely N-dealkylation sites (tertiary alicyclic amines) is 1. The number of amides is 1. The number of carbonyl (C=O) groups excluding carboxylic acids is 1. The van der Waals surface area contributed by atoms with E-state index in [-0.39, 0.29) is 6.09 Å². The first-order valence-electron chi connectivity index (χ1n) is 6.47. The number of rotatable bonds is 3. The van der Waals surface area contributed by atoms with E-state index >= 15 is 0 Å². The second-order valence-corrected chi connectivity index (χ2v) is 6.03. The molecule has 4 heteroatoms. The summed E-state index contributed by atoms with van der Waals surface area (Å²) >= 11 is 0. The zero-order valence-electron chi connectivity index (χ0n) is 11.7. The summed E-state index contributed by atoms with van der Waals surface area (Å²) in [5, 5.41) is 2.88. The van der Waals surface area contributed by atoms with Crippen LogP contribution in [0.3, 0.4) is 0 Å². The number of carbonyl (C=O) groups is 1. The van der Waals surface area contributed by atoms with Crippen molar-refractivity contribution in [2.75, 3.05) is 26.7 Å². The molecule has 1 saturated heterocycles. The van der Waals surface area contributed by atoms with Crippen LogP contribution in [0.15, 0.2) is 0 Å². The van der Waals surface area contributed by atoms with Crippen molar-refractivity contribution < 1.29 is 9.53 Å². The van der Waals surface area contributed by atoms with E-state index in [4.69, 9.17) is 4.74 Å². The van der Waals surface area contributed by atoms with Gasteiger partial charge >= 0.3 is 6.09 Å². The van der Waals surface area contributed by atoms with Gasteiger partial charge in [0.2, 0.25) is 0 Å². The Balaban J connectivity index is 2.33. The third-order valence-corrected chi connectivity index (χ3v) is 3.19. The van der Waals surface area contributed by atoms with Gasteiger partial charge in [-0.25, -0.2) is 4.79 Å². The fraction of sp³-hybridized carbons (Fsp3) is 0.923. The van der Waals surface area contributed by atoms with Crippen LogP contribution in [0.25, 0.3) is 0 Å². The minimum atomic E-state index is -0.416. The second kappa shape index (κ2) is 5.71. The van der Waals surface area contributed by atoms with Crippen LogP contribution in [0.4, 0.5) is 4.79 Å². The molecule has 1 aliphatic heterocycles. The largest absolute Gasteiger partial charge is 0.444 e. The summed E-state index contributed by atoms with van der Waals surface area (Å²) in [5.41, 5.74) is -0.416. The molecule has 2 unspecified atom stereocenters. The van der Waals surface area contributed by atoms with Crippen molar-refractivity contribution in [1.29, 1.82) is 0 Å². The van der Waals surface area contributed by atoms with Gasteiger partial charge in [-0.15, -0.1) is 0 Å². The standard InChI is InChI=1S/C13H26N2O2/c1-6-10-8-15(5)9-11(10)7-14-12(16)17-13(2,3)4/h10-11H,6-9H2,1-5H3,(H,14,16). The molecule has 0 aliphatic carbocycles. The molecule has 4 nitrogen and oxygen atoms in total. The van der Waals surface area contributed by atoms with Gasteiger partial charge in [0.15, 0.2) is 0 Å². The normalized spacial score (nSPS) is 25.9. The second-order valence-electron chi connectivity index (χ2n) is 6.03.